The van der Waals surface area contributed by atoms with Crippen molar-refractivity contribution in [1.29, 1.82) is 0 Å². The lowest BCUT2D eigenvalue weighted by molar-refractivity contribution is -0.127. The molecule has 1 saturated heterocycles. The lowest BCUT2D eigenvalue weighted by Gasteiger charge is -2.17. The third-order valence-electron chi connectivity index (χ3n) is 4.18. The zero-order valence-corrected chi connectivity index (χ0v) is 19.3. The summed E-state index contributed by atoms with van der Waals surface area (Å²) in [6.45, 7) is 4.82. The maximum atomic E-state index is 11.9. The van der Waals surface area contributed by atoms with Crippen LogP contribution in [-0.2, 0) is 9.53 Å². The number of likely N-dealkylation sites (N-methyl/N-ethyl adjacent to an activating group) is 1. The number of hydrogen-bond donors (Lipinski definition) is 2. The normalized spacial score (nSPS) is 16.1. The van der Waals surface area contributed by atoms with Crippen LogP contribution in [0.25, 0.3) is 0 Å². The zero-order chi connectivity index (χ0) is 19.6. The van der Waals surface area contributed by atoms with Gasteiger partial charge in [-0.25, -0.2) is 4.99 Å². The highest BCUT2D eigenvalue weighted by atomic mass is 127. The number of nitrogens with one attached hydrogen (secondary N) is 2. The summed E-state index contributed by atoms with van der Waals surface area (Å²) < 4.78 is 16.3. The molecule has 1 fully saturated rings. The number of ether oxygens (including phenoxy) is 3. The van der Waals surface area contributed by atoms with Gasteiger partial charge in [0.05, 0.1) is 20.3 Å². The van der Waals surface area contributed by atoms with Crippen molar-refractivity contribution in [2.45, 2.75) is 13.3 Å². The predicted octanol–water partition coefficient (Wildman–Crippen LogP) is 2.19. The Kier molecular flexibility index (Phi) is 11.0. The Labute approximate surface area is 184 Å². The van der Waals surface area contributed by atoms with Crippen LogP contribution in [0.15, 0.2) is 23.2 Å². The number of guanidine groups is 1. The van der Waals surface area contributed by atoms with Gasteiger partial charge in [0, 0.05) is 44.9 Å². The van der Waals surface area contributed by atoms with Crippen molar-refractivity contribution in [2.24, 2.45) is 10.9 Å². The van der Waals surface area contributed by atoms with Crippen LogP contribution in [0.1, 0.15) is 13.3 Å². The Morgan fingerprint density at radius 3 is 2.75 bits per heavy atom. The van der Waals surface area contributed by atoms with Crippen LogP contribution in [0, 0.1) is 5.92 Å². The van der Waals surface area contributed by atoms with E-state index >= 15 is 0 Å². The number of hydrogen-bond acceptors (Lipinski definition) is 5. The maximum absolute atomic E-state index is 11.9. The van der Waals surface area contributed by atoms with Crippen molar-refractivity contribution >= 4 is 41.5 Å². The van der Waals surface area contributed by atoms with Crippen LogP contribution >= 0.6 is 24.0 Å². The van der Waals surface area contributed by atoms with Crippen LogP contribution in [0.4, 0.5) is 5.69 Å². The van der Waals surface area contributed by atoms with Crippen molar-refractivity contribution in [1.82, 2.24) is 10.2 Å². The van der Waals surface area contributed by atoms with Gasteiger partial charge in [0.2, 0.25) is 5.91 Å². The molecule has 1 aliphatic rings. The summed E-state index contributed by atoms with van der Waals surface area (Å²) in [5.74, 6) is 2.24. The minimum atomic E-state index is -0.0652. The molecule has 1 unspecified atom stereocenters. The standard InChI is InChI=1S/C19H30N4O4.HI/c1-5-27-16-7-6-15(10-17(16)25-4)22-19(21-12-18(24)23(2)3)20-11-14-8-9-26-13-14;/h6-7,10,14H,5,8-9,11-13H2,1-4H3,(H2,20,21,22);1H. The smallest absolute Gasteiger partial charge is 0.243 e. The topological polar surface area (TPSA) is 84.4 Å². The Hall–Kier alpha value is -1.75. The van der Waals surface area contributed by atoms with Gasteiger partial charge >= 0.3 is 0 Å². The molecule has 0 aliphatic carbocycles. The van der Waals surface area contributed by atoms with Crippen LogP contribution in [-0.4, -0.2) is 70.9 Å². The fourth-order valence-electron chi connectivity index (χ4n) is 2.57. The summed E-state index contributed by atoms with van der Waals surface area (Å²) in [6.07, 6.45) is 1.02. The van der Waals surface area contributed by atoms with Crippen molar-refractivity contribution in [2.75, 3.05) is 59.4 Å². The summed E-state index contributed by atoms with van der Waals surface area (Å²) in [6, 6.07) is 5.57. The minimum absolute atomic E-state index is 0. The molecule has 9 heteroatoms. The number of rotatable bonds is 8. The van der Waals surface area contributed by atoms with Gasteiger partial charge < -0.3 is 29.7 Å². The SMILES string of the molecule is CCOc1ccc(NC(=NCC(=O)N(C)C)NCC2CCOC2)cc1OC.I. The van der Waals surface area contributed by atoms with Gasteiger partial charge in [-0.3, -0.25) is 4.79 Å². The van der Waals surface area contributed by atoms with E-state index in [0.29, 0.717) is 30.0 Å². The average molecular weight is 506 g/mol. The molecule has 8 nitrogen and oxygen atoms in total. The van der Waals surface area contributed by atoms with E-state index in [1.165, 1.54) is 4.90 Å². The molecule has 1 aliphatic heterocycles. The van der Waals surface area contributed by atoms with Crippen LogP contribution in [0.3, 0.4) is 0 Å². The number of aliphatic imine (C=N–C) groups is 1. The molecular formula is C19H31IN4O4. The van der Waals surface area contributed by atoms with E-state index in [0.717, 1.165) is 31.9 Å². The highest BCUT2D eigenvalue weighted by molar-refractivity contribution is 14.0. The van der Waals surface area contributed by atoms with E-state index in [2.05, 4.69) is 15.6 Å². The Morgan fingerprint density at radius 1 is 1.36 bits per heavy atom. The molecule has 1 atom stereocenters. The molecule has 0 aromatic heterocycles. The average Bonchev–Trinajstić information content (AvgIpc) is 3.18. The first kappa shape index (κ1) is 24.3. The molecule has 0 saturated carbocycles. The number of carbonyl (C=O) groups is 1. The summed E-state index contributed by atoms with van der Waals surface area (Å²) in [7, 11) is 5.03. The first-order chi connectivity index (χ1) is 13.0. The quantitative estimate of drug-likeness (QED) is 0.320. The Morgan fingerprint density at radius 2 is 2.14 bits per heavy atom. The molecule has 158 valence electrons. The van der Waals surface area contributed by atoms with E-state index in [-0.39, 0.29) is 36.4 Å². The number of benzene rings is 1. The third kappa shape index (κ3) is 7.70. The van der Waals surface area contributed by atoms with E-state index in [1.807, 2.05) is 25.1 Å². The fourth-order valence-corrected chi connectivity index (χ4v) is 2.57. The van der Waals surface area contributed by atoms with Gasteiger partial charge in [0.25, 0.3) is 0 Å². The lowest BCUT2D eigenvalue weighted by atomic mass is 10.1. The van der Waals surface area contributed by atoms with Gasteiger partial charge in [0.15, 0.2) is 17.5 Å². The highest BCUT2D eigenvalue weighted by Gasteiger charge is 2.16. The molecular weight excluding hydrogens is 475 g/mol. The van der Waals surface area contributed by atoms with Gasteiger partial charge in [0.1, 0.15) is 6.54 Å². The first-order valence-electron chi connectivity index (χ1n) is 9.17. The summed E-state index contributed by atoms with van der Waals surface area (Å²) >= 11 is 0. The highest BCUT2D eigenvalue weighted by Crippen LogP contribution is 2.30. The van der Waals surface area contributed by atoms with Gasteiger partial charge in [-0.05, 0) is 25.5 Å². The number of nitrogens with zero attached hydrogens (tertiary/aromatic N) is 2. The molecule has 0 spiro atoms. The van der Waals surface area contributed by atoms with Gasteiger partial charge in [-0.15, -0.1) is 24.0 Å². The largest absolute Gasteiger partial charge is 0.493 e. The number of methoxy groups -OCH3 is 1. The van der Waals surface area contributed by atoms with E-state index < -0.39 is 0 Å². The third-order valence-corrected chi connectivity index (χ3v) is 4.18. The zero-order valence-electron chi connectivity index (χ0n) is 17.0. The molecule has 1 amide bonds. The van der Waals surface area contributed by atoms with E-state index in [1.54, 1.807) is 21.2 Å². The molecule has 2 N–H and O–H groups in total. The second-order valence-electron chi connectivity index (χ2n) is 6.49. The van der Waals surface area contributed by atoms with Crippen molar-refractivity contribution in [3.05, 3.63) is 18.2 Å². The molecule has 2 rings (SSSR count). The van der Waals surface area contributed by atoms with Gasteiger partial charge in [-0.2, -0.15) is 0 Å². The minimum Gasteiger partial charge on any atom is -0.493 e. The first-order valence-corrected chi connectivity index (χ1v) is 9.17. The molecule has 1 heterocycles. The number of amides is 1. The molecule has 0 bridgehead atoms. The molecule has 0 radical (unpaired) electrons. The Balaban J connectivity index is 0.00000392. The monoisotopic (exact) mass is 506 g/mol. The van der Waals surface area contributed by atoms with E-state index in [4.69, 9.17) is 14.2 Å². The number of carbonyl (C=O) groups excluding carboxylic acids is 1. The lowest BCUT2D eigenvalue weighted by Crippen LogP contribution is -2.36. The van der Waals surface area contributed by atoms with Crippen molar-refractivity contribution in [3.8, 4) is 11.5 Å². The predicted molar refractivity (Wildman–Crippen MR) is 121 cm³/mol. The number of halogens is 1. The summed E-state index contributed by atoms with van der Waals surface area (Å²) in [5, 5.41) is 6.53. The molecule has 28 heavy (non-hydrogen) atoms. The fraction of sp³-hybridized carbons (Fsp3) is 0.579. The van der Waals surface area contributed by atoms with Gasteiger partial charge in [-0.1, -0.05) is 0 Å². The van der Waals surface area contributed by atoms with Crippen LogP contribution < -0.4 is 20.1 Å². The van der Waals surface area contributed by atoms with E-state index in [9.17, 15) is 4.79 Å². The van der Waals surface area contributed by atoms with Crippen molar-refractivity contribution < 1.29 is 19.0 Å². The molecule has 1 aromatic carbocycles. The second kappa shape index (κ2) is 12.7. The van der Waals surface area contributed by atoms with Crippen LogP contribution in [0.2, 0.25) is 0 Å². The second-order valence-corrected chi connectivity index (χ2v) is 6.49. The maximum Gasteiger partial charge on any atom is 0.243 e. The summed E-state index contributed by atoms with van der Waals surface area (Å²) in [5.41, 5.74) is 0.793. The van der Waals surface area contributed by atoms with Crippen LogP contribution in [0.5, 0.6) is 11.5 Å². The summed E-state index contributed by atoms with van der Waals surface area (Å²) in [4.78, 5) is 17.8. The number of anilines is 1. The molecule has 1 aromatic rings. The Bertz CT molecular complexity index is 649. The van der Waals surface area contributed by atoms with Crippen molar-refractivity contribution in [3.63, 3.8) is 0 Å².